The first kappa shape index (κ1) is 18.7. The number of carbonyl (C=O) groups is 2. The van der Waals surface area contributed by atoms with Crippen LogP contribution >= 0.6 is 0 Å². The molecule has 5 heteroatoms. The quantitative estimate of drug-likeness (QED) is 0.659. The molecule has 0 bridgehead atoms. The van der Waals surface area contributed by atoms with E-state index in [1.165, 1.54) is 0 Å². The fourth-order valence-electron chi connectivity index (χ4n) is 2.76. The first-order valence-electron chi connectivity index (χ1n) is 9.15. The monoisotopic (exact) mass is 364 g/mol. The zero-order valence-corrected chi connectivity index (χ0v) is 15.6. The molecule has 0 spiro atoms. The van der Waals surface area contributed by atoms with E-state index in [0.717, 1.165) is 16.7 Å². The van der Waals surface area contributed by atoms with Crippen LogP contribution in [0.1, 0.15) is 31.5 Å². The summed E-state index contributed by atoms with van der Waals surface area (Å²) in [5, 5.41) is 3.83. The number of para-hydroxylation sites is 1. The molecule has 0 aliphatic carbocycles. The SMILES string of the molecule is CC(C)COc1ccc(NC(=O)CCC(=O)n2ccc3ccccc32)cc1. The van der Waals surface area contributed by atoms with E-state index in [1.807, 2.05) is 42.5 Å². The molecule has 1 amide bonds. The predicted octanol–water partition coefficient (Wildman–Crippen LogP) is 4.74. The highest BCUT2D eigenvalue weighted by molar-refractivity contribution is 5.96. The molecule has 3 rings (SSSR count). The third-order valence-electron chi connectivity index (χ3n) is 4.16. The number of aromatic nitrogens is 1. The minimum Gasteiger partial charge on any atom is -0.493 e. The second kappa shape index (κ2) is 8.54. The molecule has 1 N–H and O–H groups in total. The van der Waals surface area contributed by atoms with E-state index in [1.54, 1.807) is 22.9 Å². The average Bonchev–Trinajstić information content (AvgIpc) is 3.10. The number of hydrogen-bond acceptors (Lipinski definition) is 3. The van der Waals surface area contributed by atoms with Gasteiger partial charge in [0.15, 0.2) is 0 Å². The number of hydrogen-bond donors (Lipinski definition) is 1. The Morgan fingerprint density at radius 3 is 2.48 bits per heavy atom. The summed E-state index contributed by atoms with van der Waals surface area (Å²) in [6.07, 6.45) is 2.04. The van der Waals surface area contributed by atoms with Gasteiger partial charge >= 0.3 is 0 Å². The third-order valence-corrected chi connectivity index (χ3v) is 4.16. The van der Waals surface area contributed by atoms with Crippen LogP contribution in [0.3, 0.4) is 0 Å². The van der Waals surface area contributed by atoms with Gasteiger partial charge in [-0.3, -0.25) is 14.2 Å². The van der Waals surface area contributed by atoms with Crippen LogP contribution in [0.15, 0.2) is 60.8 Å². The van der Waals surface area contributed by atoms with E-state index in [4.69, 9.17) is 4.74 Å². The molecule has 0 aliphatic heterocycles. The van der Waals surface area contributed by atoms with Crippen LogP contribution in [-0.2, 0) is 4.79 Å². The normalized spacial score (nSPS) is 10.9. The molecule has 5 nitrogen and oxygen atoms in total. The van der Waals surface area contributed by atoms with Crippen LogP contribution < -0.4 is 10.1 Å². The Morgan fingerprint density at radius 2 is 1.74 bits per heavy atom. The molecule has 1 heterocycles. The second-order valence-electron chi connectivity index (χ2n) is 6.92. The van der Waals surface area contributed by atoms with E-state index in [2.05, 4.69) is 19.2 Å². The highest BCUT2D eigenvalue weighted by Gasteiger charge is 2.11. The number of nitrogens with zero attached hydrogens (tertiary/aromatic N) is 1. The van der Waals surface area contributed by atoms with Gasteiger partial charge in [-0.15, -0.1) is 0 Å². The smallest absolute Gasteiger partial charge is 0.231 e. The highest BCUT2D eigenvalue weighted by Crippen LogP contribution is 2.18. The van der Waals surface area contributed by atoms with E-state index in [9.17, 15) is 9.59 Å². The van der Waals surface area contributed by atoms with Crippen molar-refractivity contribution in [2.24, 2.45) is 5.92 Å². The zero-order valence-electron chi connectivity index (χ0n) is 15.6. The lowest BCUT2D eigenvalue weighted by atomic mass is 10.2. The Kier molecular flexibility index (Phi) is 5.91. The van der Waals surface area contributed by atoms with Crippen molar-refractivity contribution >= 4 is 28.4 Å². The van der Waals surface area contributed by atoms with Crippen molar-refractivity contribution < 1.29 is 14.3 Å². The summed E-state index contributed by atoms with van der Waals surface area (Å²) in [5.74, 6) is 0.954. The fraction of sp³-hybridized carbons (Fsp3) is 0.273. The summed E-state index contributed by atoms with van der Waals surface area (Å²) in [4.78, 5) is 24.6. The minimum absolute atomic E-state index is 0.0937. The lowest BCUT2D eigenvalue weighted by Crippen LogP contribution is -2.16. The predicted molar refractivity (Wildman–Crippen MR) is 107 cm³/mol. The first-order valence-corrected chi connectivity index (χ1v) is 9.15. The summed E-state index contributed by atoms with van der Waals surface area (Å²) in [6.45, 7) is 4.83. The average molecular weight is 364 g/mol. The number of anilines is 1. The summed E-state index contributed by atoms with van der Waals surface area (Å²) >= 11 is 0. The molecule has 0 unspecified atom stereocenters. The Hall–Kier alpha value is -3.08. The van der Waals surface area contributed by atoms with E-state index in [-0.39, 0.29) is 24.7 Å². The van der Waals surface area contributed by atoms with Gasteiger partial charge in [0.1, 0.15) is 5.75 Å². The van der Waals surface area contributed by atoms with Gasteiger partial charge in [0.2, 0.25) is 11.8 Å². The molecular formula is C22H24N2O3. The third kappa shape index (κ3) is 4.97. The number of fused-ring (bicyclic) bond motifs is 1. The molecule has 27 heavy (non-hydrogen) atoms. The van der Waals surface area contributed by atoms with Crippen LogP contribution in [0, 0.1) is 5.92 Å². The number of nitrogens with one attached hydrogen (secondary N) is 1. The van der Waals surface area contributed by atoms with Crippen LogP contribution in [0.2, 0.25) is 0 Å². The number of carbonyl (C=O) groups excluding carboxylic acids is 2. The highest BCUT2D eigenvalue weighted by atomic mass is 16.5. The molecule has 3 aromatic rings. The van der Waals surface area contributed by atoms with Gasteiger partial charge < -0.3 is 10.1 Å². The Labute approximate surface area is 158 Å². The molecule has 0 radical (unpaired) electrons. The molecule has 0 saturated heterocycles. The van der Waals surface area contributed by atoms with Gasteiger partial charge in [-0.25, -0.2) is 0 Å². The van der Waals surface area contributed by atoms with Crippen molar-refractivity contribution in [3.63, 3.8) is 0 Å². The van der Waals surface area contributed by atoms with Crippen molar-refractivity contribution in [1.82, 2.24) is 4.57 Å². The number of amides is 1. The summed E-state index contributed by atoms with van der Waals surface area (Å²) in [5.41, 5.74) is 1.55. The molecule has 0 saturated carbocycles. The summed E-state index contributed by atoms with van der Waals surface area (Å²) in [7, 11) is 0. The van der Waals surface area contributed by atoms with E-state index < -0.39 is 0 Å². The Bertz CT molecular complexity index is 926. The van der Waals surface area contributed by atoms with Gasteiger partial charge in [-0.1, -0.05) is 32.0 Å². The fourth-order valence-corrected chi connectivity index (χ4v) is 2.76. The van der Waals surface area contributed by atoms with Crippen LogP contribution in [-0.4, -0.2) is 23.0 Å². The molecule has 0 fully saturated rings. The van der Waals surface area contributed by atoms with Crippen molar-refractivity contribution in [2.45, 2.75) is 26.7 Å². The first-order chi connectivity index (χ1) is 13.0. The molecule has 0 atom stereocenters. The molecule has 0 aliphatic rings. The van der Waals surface area contributed by atoms with Gasteiger partial charge in [0, 0.05) is 30.1 Å². The summed E-state index contributed by atoms with van der Waals surface area (Å²) in [6, 6.07) is 16.8. The van der Waals surface area contributed by atoms with Crippen molar-refractivity contribution in [2.75, 3.05) is 11.9 Å². The van der Waals surface area contributed by atoms with E-state index in [0.29, 0.717) is 18.2 Å². The van der Waals surface area contributed by atoms with Gasteiger partial charge in [0.25, 0.3) is 0 Å². The lowest BCUT2D eigenvalue weighted by molar-refractivity contribution is -0.116. The van der Waals surface area contributed by atoms with Gasteiger partial charge in [-0.05, 0) is 42.3 Å². The molecule has 140 valence electrons. The Morgan fingerprint density at radius 1 is 1.00 bits per heavy atom. The molecular weight excluding hydrogens is 340 g/mol. The zero-order chi connectivity index (χ0) is 19.2. The Balaban J connectivity index is 1.51. The van der Waals surface area contributed by atoms with Gasteiger partial charge in [0.05, 0.1) is 12.1 Å². The maximum Gasteiger partial charge on any atom is 0.231 e. The lowest BCUT2D eigenvalue weighted by Gasteiger charge is -2.10. The maximum atomic E-state index is 12.4. The van der Waals surface area contributed by atoms with Crippen LogP contribution in [0.5, 0.6) is 5.75 Å². The van der Waals surface area contributed by atoms with Crippen molar-refractivity contribution in [3.05, 3.63) is 60.8 Å². The van der Waals surface area contributed by atoms with Gasteiger partial charge in [-0.2, -0.15) is 0 Å². The van der Waals surface area contributed by atoms with E-state index >= 15 is 0 Å². The minimum atomic E-state index is -0.185. The van der Waals surface area contributed by atoms with Crippen molar-refractivity contribution in [1.29, 1.82) is 0 Å². The molecule has 2 aromatic carbocycles. The number of benzene rings is 2. The second-order valence-corrected chi connectivity index (χ2v) is 6.92. The standard InChI is InChI=1S/C22H24N2O3/c1-16(2)15-27-19-9-7-18(8-10-19)23-21(25)11-12-22(26)24-14-13-17-5-3-4-6-20(17)24/h3-10,13-14,16H,11-12,15H2,1-2H3,(H,23,25). The maximum absolute atomic E-state index is 12.4. The van der Waals surface area contributed by atoms with Crippen LogP contribution in [0.25, 0.3) is 10.9 Å². The largest absolute Gasteiger partial charge is 0.493 e. The number of ether oxygens (including phenoxy) is 1. The number of rotatable bonds is 7. The molecule has 1 aromatic heterocycles. The topological polar surface area (TPSA) is 60.3 Å². The van der Waals surface area contributed by atoms with Crippen LogP contribution in [0.4, 0.5) is 5.69 Å². The van der Waals surface area contributed by atoms with Crippen molar-refractivity contribution in [3.8, 4) is 5.75 Å². The summed E-state index contributed by atoms with van der Waals surface area (Å²) < 4.78 is 7.22.